The van der Waals surface area contributed by atoms with Crippen molar-refractivity contribution in [2.45, 2.75) is 89.5 Å². The minimum atomic E-state index is -0.790. The minimum Gasteiger partial charge on any atom is -0.493 e. The molecule has 9 rings (SSSR count). The van der Waals surface area contributed by atoms with Crippen molar-refractivity contribution in [1.82, 2.24) is 10.6 Å². The van der Waals surface area contributed by atoms with E-state index in [2.05, 4.69) is 40.0 Å². The van der Waals surface area contributed by atoms with Gasteiger partial charge in [0.1, 0.15) is 19.3 Å². The summed E-state index contributed by atoms with van der Waals surface area (Å²) in [5, 5.41) is 11.6. The molecule has 16 nitrogen and oxygen atoms in total. The van der Waals surface area contributed by atoms with Crippen LogP contribution in [-0.2, 0) is 40.4 Å². The third kappa shape index (κ3) is 11.3. The molecular weight excluding hydrogens is 923 g/mol. The number of carbonyl (C=O) groups is 5. The largest absolute Gasteiger partial charge is 0.493 e. The molecule has 5 aromatic carbocycles. The molecule has 0 radical (unpaired) electrons. The van der Waals surface area contributed by atoms with Gasteiger partial charge in [-0.25, -0.2) is 0 Å². The Hall–Kier alpha value is -7.53. The SMILES string of the molecule is CCNC(=O)CCC(C)(C)S.COc1cc2c(cc1OCc1cc(COc3cc4c(cc3OC)C(=O)N3c5ccccc5CC3CN4)cc(NC(=O)C(C)NC=O)c1)N=C[C@@H]1Cc3ccccc3N1C2=O. The molecule has 3 atom stereocenters. The number of carbonyl (C=O) groups excluding carboxylic acids is 5. The number of hydrogen-bond acceptors (Lipinski definition) is 12. The fourth-order valence-electron chi connectivity index (χ4n) is 9.06. The zero-order valence-electron chi connectivity index (χ0n) is 40.7. The van der Waals surface area contributed by atoms with Crippen LogP contribution >= 0.6 is 12.6 Å². The number of hydrogen-bond donors (Lipinski definition) is 5. The van der Waals surface area contributed by atoms with Gasteiger partial charge in [-0.2, -0.15) is 12.6 Å². The van der Waals surface area contributed by atoms with Crippen LogP contribution in [0.4, 0.5) is 28.4 Å². The lowest BCUT2D eigenvalue weighted by Crippen LogP contribution is -2.39. The van der Waals surface area contributed by atoms with E-state index in [4.69, 9.17) is 23.9 Å². The lowest BCUT2D eigenvalue weighted by Gasteiger charge is -2.22. The van der Waals surface area contributed by atoms with E-state index in [-0.39, 0.29) is 47.8 Å². The molecule has 4 heterocycles. The zero-order valence-corrected chi connectivity index (χ0v) is 41.6. The topological polar surface area (TPSA) is 189 Å². The minimum absolute atomic E-state index is 0.0300. The Labute approximate surface area is 418 Å². The van der Waals surface area contributed by atoms with Crippen LogP contribution in [-0.4, -0.2) is 86.4 Å². The van der Waals surface area contributed by atoms with Gasteiger partial charge in [0.15, 0.2) is 23.0 Å². The van der Waals surface area contributed by atoms with Crippen molar-refractivity contribution >= 4 is 77.3 Å². The third-order valence-electron chi connectivity index (χ3n) is 12.6. The summed E-state index contributed by atoms with van der Waals surface area (Å²) in [6.45, 7) is 8.90. The molecule has 370 valence electrons. The van der Waals surface area contributed by atoms with Gasteiger partial charge in [0.2, 0.25) is 18.2 Å². The first-order valence-electron chi connectivity index (χ1n) is 23.6. The molecule has 5 aromatic rings. The molecule has 0 aliphatic carbocycles. The summed E-state index contributed by atoms with van der Waals surface area (Å²) < 4.78 is 24.1. The van der Waals surface area contributed by atoms with E-state index >= 15 is 0 Å². The van der Waals surface area contributed by atoms with Gasteiger partial charge in [0, 0.05) is 66.1 Å². The van der Waals surface area contributed by atoms with Crippen LogP contribution in [0, 0.1) is 0 Å². The first kappa shape index (κ1) is 49.9. The second-order valence-electron chi connectivity index (χ2n) is 18.3. The standard InChI is InChI=1S/C46H42N6O8.C8H17NOS/c1-26(49-25-53)44(54)50-31-13-27(23-59-42-19-36-34(17-40(42)57-2)45(55)51-32(21-47-36)15-29-8-4-6-10-38(29)51)12-28(14-31)24-60-43-20-37-35(18-41(43)58-3)46(56)52-33(22-48-37)16-30-9-5-7-11-39(30)52;1-4-9-7(10)5-6-8(2,3)11/h4-14,17-21,25-26,32-33,48H,15-16,22-24H2,1-3H3,(H,49,53)(H,50,54);11H,4-6H2,1-3H3,(H,9,10)/t26?,32-,33?;/m0./s1. The molecule has 0 aromatic heterocycles. The molecule has 71 heavy (non-hydrogen) atoms. The number of aliphatic imine (C=N–C) groups is 1. The average Bonchev–Trinajstić information content (AvgIpc) is 3.85. The van der Waals surface area contributed by atoms with Crippen LogP contribution in [0.15, 0.2) is 96.0 Å². The van der Waals surface area contributed by atoms with Crippen LogP contribution < -0.4 is 50.0 Å². The molecule has 17 heteroatoms. The number of methoxy groups -OCH3 is 2. The van der Waals surface area contributed by atoms with E-state index in [1.165, 1.54) is 14.2 Å². The van der Waals surface area contributed by atoms with Crippen molar-refractivity contribution < 1.29 is 42.9 Å². The summed E-state index contributed by atoms with van der Waals surface area (Å²) in [4.78, 5) is 71.3. The molecule has 4 N–H and O–H groups in total. The molecule has 0 fully saturated rings. The Balaban J connectivity index is 0.000000550. The Bertz CT molecular complexity index is 2880. The lowest BCUT2D eigenvalue weighted by molar-refractivity contribution is -0.121. The predicted octanol–water partition coefficient (Wildman–Crippen LogP) is 7.83. The van der Waals surface area contributed by atoms with Crippen LogP contribution in [0.1, 0.15) is 83.5 Å². The van der Waals surface area contributed by atoms with Gasteiger partial charge in [-0.15, -0.1) is 0 Å². The van der Waals surface area contributed by atoms with E-state index in [1.54, 1.807) is 54.4 Å². The average molecular weight is 982 g/mol. The van der Waals surface area contributed by atoms with E-state index in [1.807, 2.05) is 74.2 Å². The van der Waals surface area contributed by atoms with Gasteiger partial charge in [-0.1, -0.05) is 50.2 Å². The Morgan fingerprint density at radius 3 is 2.07 bits per heavy atom. The number of nitrogens with one attached hydrogen (secondary N) is 4. The smallest absolute Gasteiger partial charge is 0.261 e. The van der Waals surface area contributed by atoms with Crippen LogP contribution in [0.25, 0.3) is 0 Å². The van der Waals surface area contributed by atoms with E-state index in [0.29, 0.717) is 94.7 Å². The van der Waals surface area contributed by atoms with E-state index in [0.717, 1.165) is 35.3 Å². The van der Waals surface area contributed by atoms with Gasteiger partial charge in [0.25, 0.3) is 11.8 Å². The number of thiol groups is 1. The molecule has 0 bridgehead atoms. The maximum Gasteiger partial charge on any atom is 0.261 e. The Kier molecular flexibility index (Phi) is 15.2. The highest BCUT2D eigenvalue weighted by molar-refractivity contribution is 7.81. The summed E-state index contributed by atoms with van der Waals surface area (Å²) in [5.74, 6) is 0.954. The molecule has 4 aliphatic heterocycles. The van der Waals surface area contributed by atoms with Crippen molar-refractivity contribution in [1.29, 1.82) is 0 Å². The molecule has 4 aliphatic rings. The highest BCUT2D eigenvalue weighted by Gasteiger charge is 2.39. The number of benzene rings is 5. The van der Waals surface area contributed by atoms with Crippen LogP contribution in [0.3, 0.4) is 0 Å². The molecular formula is C54H59N7O9S. The Morgan fingerprint density at radius 1 is 0.831 bits per heavy atom. The van der Waals surface area contributed by atoms with Gasteiger partial charge in [-0.05, 0) is 91.4 Å². The van der Waals surface area contributed by atoms with Crippen molar-refractivity contribution in [2.75, 3.05) is 47.7 Å². The number of fused-ring (bicyclic) bond motifs is 8. The molecule has 0 spiro atoms. The van der Waals surface area contributed by atoms with E-state index in [9.17, 15) is 24.0 Å². The molecule has 0 saturated heterocycles. The lowest BCUT2D eigenvalue weighted by atomic mass is 10.1. The van der Waals surface area contributed by atoms with Crippen molar-refractivity contribution in [3.63, 3.8) is 0 Å². The van der Waals surface area contributed by atoms with E-state index < -0.39 is 11.9 Å². The number of rotatable bonds is 16. The maximum absolute atomic E-state index is 14.0. The van der Waals surface area contributed by atoms with Gasteiger partial charge >= 0.3 is 0 Å². The fourth-order valence-corrected chi connectivity index (χ4v) is 9.17. The van der Waals surface area contributed by atoms with Gasteiger partial charge in [-0.3, -0.25) is 33.9 Å². The molecule has 0 saturated carbocycles. The van der Waals surface area contributed by atoms with Gasteiger partial charge < -0.3 is 45.1 Å². The zero-order chi connectivity index (χ0) is 50.4. The van der Waals surface area contributed by atoms with Crippen molar-refractivity contribution in [3.05, 3.63) is 124 Å². The summed E-state index contributed by atoms with van der Waals surface area (Å²) in [6, 6.07) is 27.1. The number of para-hydroxylation sites is 2. The highest BCUT2D eigenvalue weighted by Crippen LogP contribution is 2.43. The quantitative estimate of drug-likeness (QED) is 0.0482. The predicted molar refractivity (Wildman–Crippen MR) is 277 cm³/mol. The number of nitrogens with zero attached hydrogens (tertiary/aromatic N) is 3. The number of ether oxygens (including phenoxy) is 4. The maximum atomic E-state index is 14.0. The van der Waals surface area contributed by atoms with Crippen molar-refractivity contribution in [3.8, 4) is 23.0 Å². The summed E-state index contributed by atoms with van der Waals surface area (Å²) in [7, 11) is 3.04. The molecule has 2 unspecified atom stereocenters. The van der Waals surface area contributed by atoms with Crippen LogP contribution in [0.2, 0.25) is 0 Å². The Morgan fingerprint density at radius 2 is 1.44 bits per heavy atom. The first-order valence-corrected chi connectivity index (χ1v) is 24.1. The second kappa shape index (κ2) is 21.6. The highest BCUT2D eigenvalue weighted by atomic mass is 32.1. The molecule has 5 amide bonds. The monoisotopic (exact) mass is 981 g/mol. The number of amides is 5. The third-order valence-corrected chi connectivity index (χ3v) is 12.9. The van der Waals surface area contributed by atoms with Crippen LogP contribution in [0.5, 0.6) is 23.0 Å². The van der Waals surface area contributed by atoms with Crippen molar-refractivity contribution in [2.24, 2.45) is 4.99 Å². The summed E-state index contributed by atoms with van der Waals surface area (Å²) in [5.41, 5.74) is 7.81. The van der Waals surface area contributed by atoms with Gasteiger partial charge in [0.05, 0.1) is 48.8 Å². The fraction of sp³-hybridized carbons (Fsp3) is 0.333. The summed E-state index contributed by atoms with van der Waals surface area (Å²) >= 11 is 4.32. The normalized spacial score (nSPS) is 16.4. The summed E-state index contributed by atoms with van der Waals surface area (Å²) in [6.07, 6.45) is 5.10. The second-order valence-corrected chi connectivity index (χ2v) is 19.6. The number of anilines is 4. The first-order chi connectivity index (χ1) is 34.2.